The van der Waals surface area contributed by atoms with Crippen molar-refractivity contribution in [3.63, 3.8) is 0 Å². The number of methoxy groups -OCH3 is 1. The second-order valence-corrected chi connectivity index (χ2v) is 6.60. The molecule has 0 bridgehead atoms. The lowest BCUT2D eigenvalue weighted by molar-refractivity contribution is 0.102. The first-order valence-corrected chi connectivity index (χ1v) is 9.41. The molecule has 0 unspecified atom stereocenters. The van der Waals surface area contributed by atoms with Gasteiger partial charge in [-0.1, -0.05) is 6.07 Å². The fourth-order valence-electron chi connectivity index (χ4n) is 3.20. The van der Waals surface area contributed by atoms with E-state index < -0.39 is 0 Å². The van der Waals surface area contributed by atoms with Crippen LogP contribution in [0, 0.1) is 0 Å². The average Bonchev–Trinajstić information content (AvgIpc) is 2.80. The fraction of sp³-hybridized carbons (Fsp3) is 0.238. The second kappa shape index (κ2) is 8.55. The van der Waals surface area contributed by atoms with Crippen molar-refractivity contribution in [1.29, 1.82) is 0 Å². The first-order valence-electron chi connectivity index (χ1n) is 9.41. The van der Waals surface area contributed by atoms with E-state index in [1.54, 1.807) is 25.4 Å². The van der Waals surface area contributed by atoms with E-state index in [0.717, 1.165) is 37.7 Å². The summed E-state index contributed by atoms with van der Waals surface area (Å²) < 4.78 is 5.05. The van der Waals surface area contributed by atoms with E-state index in [1.165, 1.54) is 6.20 Å². The third-order valence-electron chi connectivity index (χ3n) is 4.81. The van der Waals surface area contributed by atoms with Crippen LogP contribution in [0.4, 0.5) is 17.3 Å². The van der Waals surface area contributed by atoms with Crippen LogP contribution in [0.3, 0.4) is 0 Å². The zero-order valence-electron chi connectivity index (χ0n) is 16.2. The molecule has 1 saturated heterocycles. The van der Waals surface area contributed by atoms with Crippen molar-refractivity contribution < 1.29 is 9.53 Å². The summed E-state index contributed by atoms with van der Waals surface area (Å²) in [4.78, 5) is 29.7. The zero-order valence-corrected chi connectivity index (χ0v) is 16.2. The van der Waals surface area contributed by atoms with Crippen LogP contribution >= 0.6 is 0 Å². The van der Waals surface area contributed by atoms with Crippen LogP contribution in [0.2, 0.25) is 0 Å². The summed E-state index contributed by atoms with van der Waals surface area (Å²) >= 11 is 0. The Balaban J connectivity index is 1.34. The first-order chi connectivity index (χ1) is 14.2. The number of anilines is 3. The Labute approximate surface area is 169 Å². The Kier molecular flexibility index (Phi) is 5.51. The maximum atomic E-state index is 12.3. The monoisotopic (exact) mass is 390 g/mol. The third-order valence-corrected chi connectivity index (χ3v) is 4.81. The number of carbonyl (C=O) groups is 1. The van der Waals surface area contributed by atoms with Gasteiger partial charge in [0.25, 0.3) is 5.91 Å². The van der Waals surface area contributed by atoms with Gasteiger partial charge >= 0.3 is 0 Å². The van der Waals surface area contributed by atoms with Crippen LogP contribution in [0.5, 0.6) is 5.75 Å². The van der Waals surface area contributed by atoms with Crippen molar-refractivity contribution in [2.75, 3.05) is 48.4 Å². The van der Waals surface area contributed by atoms with Crippen LogP contribution in [0.15, 0.2) is 61.1 Å². The summed E-state index contributed by atoms with van der Waals surface area (Å²) in [7, 11) is 1.56. The van der Waals surface area contributed by atoms with Crippen LogP contribution < -0.4 is 19.9 Å². The van der Waals surface area contributed by atoms with Gasteiger partial charge in [-0.15, -0.1) is 0 Å². The molecule has 0 aromatic carbocycles. The molecule has 148 valence electrons. The molecule has 3 aromatic heterocycles. The van der Waals surface area contributed by atoms with E-state index >= 15 is 0 Å². The van der Waals surface area contributed by atoms with Crippen LogP contribution in [-0.4, -0.2) is 54.1 Å². The number of ether oxygens (including phenoxy) is 1. The molecule has 1 fully saturated rings. The summed E-state index contributed by atoms with van der Waals surface area (Å²) in [6.45, 7) is 3.58. The Morgan fingerprint density at radius 2 is 1.76 bits per heavy atom. The normalized spacial score (nSPS) is 13.8. The minimum Gasteiger partial charge on any atom is -0.495 e. The molecule has 8 nitrogen and oxygen atoms in total. The number of hydrogen-bond acceptors (Lipinski definition) is 7. The summed E-state index contributed by atoms with van der Waals surface area (Å²) in [6.07, 6.45) is 5.11. The molecule has 4 rings (SSSR count). The molecule has 1 N–H and O–H groups in total. The predicted octanol–water partition coefficient (Wildman–Crippen LogP) is 2.46. The number of nitrogens with one attached hydrogen (secondary N) is 1. The van der Waals surface area contributed by atoms with Crippen molar-refractivity contribution in [2.45, 2.75) is 0 Å². The van der Waals surface area contributed by atoms with Crippen molar-refractivity contribution in [1.82, 2.24) is 15.0 Å². The zero-order chi connectivity index (χ0) is 20.1. The third kappa shape index (κ3) is 4.43. The molecular weight excluding hydrogens is 368 g/mol. The van der Waals surface area contributed by atoms with Gasteiger partial charge < -0.3 is 19.9 Å². The molecule has 0 radical (unpaired) electrons. The average molecular weight is 390 g/mol. The van der Waals surface area contributed by atoms with Gasteiger partial charge in [0.15, 0.2) is 0 Å². The highest BCUT2D eigenvalue weighted by Gasteiger charge is 2.18. The van der Waals surface area contributed by atoms with E-state index in [2.05, 4.69) is 30.1 Å². The SMILES string of the molecule is COc1ccc(C(=O)Nc2ccc(N3CCN(c4ccccn4)CC3)cn2)nc1. The minimum absolute atomic E-state index is 0.308. The summed E-state index contributed by atoms with van der Waals surface area (Å²) in [6, 6.07) is 13.1. The van der Waals surface area contributed by atoms with Gasteiger partial charge in [-0.3, -0.25) is 4.79 Å². The van der Waals surface area contributed by atoms with Gasteiger partial charge in [-0.2, -0.15) is 0 Å². The Morgan fingerprint density at radius 1 is 0.931 bits per heavy atom. The largest absolute Gasteiger partial charge is 0.495 e. The van der Waals surface area contributed by atoms with Gasteiger partial charge in [0, 0.05) is 32.4 Å². The number of aromatic nitrogens is 3. The highest BCUT2D eigenvalue weighted by molar-refractivity contribution is 6.02. The molecule has 3 aromatic rings. The topological polar surface area (TPSA) is 83.5 Å². The number of amides is 1. The fourth-order valence-corrected chi connectivity index (χ4v) is 3.20. The summed E-state index contributed by atoms with van der Waals surface area (Å²) in [5.41, 5.74) is 1.34. The number of rotatable bonds is 5. The summed E-state index contributed by atoms with van der Waals surface area (Å²) in [5.74, 6) is 1.79. The molecule has 29 heavy (non-hydrogen) atoms. The smallest absolute Gasteiger partial charge is 0.275 e. The van der Waals surface area contributed by atoms with Gasteiger partial charge in [-0.05, 0) is 36.4 Å². The van der Waals surface area contributed by atoms with E-state index in [-0.39, 0.29) is 5.91 Å². The second-order valence-electron chi connectivity index (χ2n) is 6.60. The molecule has 0 spiro atoms. The van der Waals surface area contributed by atoms with Crippen molar-refractivity contribution in [2.24, 2.45) is 0 Å². The molecule has 4 heterocycles. The number of carbonyl (C=O) groups excluding carboxylic acids is 1. The quantitative estimate of drug-likeness (QED) is 0.716. The molecule has 1 aliphatic rings. The van der Waals surface area contributed by atoms with Gasteiger partial charge in [0.2, 0.25) is 0 Å². The molecule has 0 aliphatic carbocycles. The Morgan fingerprint density at radius 3 is 2.38 bits per heavy atom. The lowest BCUT2D eigenvalue weighted by Crippen LogP contribution is -2.46. The van der Waals surface area contributed by atoms with Crippen molar-refractivity contribution >= 4 is 23.2 Å². The van der Waals surface area contributed by atoms with Crippen LogP contribution in [0.25, 0.3) is 0 Å². The number of nitrogens with zero attached hydrogens (tertiary/aromatic N) is 5. The lowest BCUT2D eigenvalue weighted by Gasteiger charge is -2.36. The molecule has 1 amide bonds. The molecule has 0 saturated carbocycles. The maximum Gasteiger partial charge on any atom is 0.275 e. The molecule has 8 heteroatoms. The van der Waals surface area contributed by atoms with Gasteiger partial charge in [0.05, 0.1) is 25.2 Å². The number of hydrogen-bond donors (Lipinski definition) is 1. The van der Waals surface area contributed by atoms with E-state index in [0.29, 0.717) is 17.3 Å². The molecule has 1 aliphatic heterocycles. The first kappa shape index (κ1) is 18.7. The Hall–Kier alpha value is -3.68. The van der Waals surface area contributed by atoms with Gasteiger partial charge in [0.1, 0.15) is 23.1 Å². The predicted molar refractivity (Wildman–Crippen MR) is 112 cm³/mol. The highest BCUT2D eigenvalue weighted by Crippen LogP contribution is 2.20. The highest BCUT2D eigenvalue weighted by atomic mass is 16.5. The standard InChI is InChI=1S/C21H22N6O2/c1-29-17-6-7-18(23-15-17)21(28)25-19-8-5-16(14-24-19)26-10-12-27(13-11-26)20-4-2-3-9-22-20/h2-9,14-15H,10-13H2,1H3,(H,24,25,28). The van der Waals surface area contributed by atoms with Crippen LogP contribution in [0.1, 0.15) is 10.5 Å². The Bertz CT molecular complexity index is 939. The summed E-state index contributed by atoms with van der Waals surface area (Å²) in [5, 5.41) is 2.77. The minimum atomic E-state index is -0.308. The van der Waals surface area contributed by atoms with E-state index in [9.17, 15) is 4.79 Å². The van der Waals surface area contributed by atoms with Gasteiger partial charge in [-0.25, -0.2) is 15.0 Å². The lowest BCUT2D eigenvalue weighted by atomic mass is 10.2. The maximum absolute atomic E-state index is 12.3. The molecule has 0 atom stereocenters. The van der Waals surface area contributed by atoms with Crippen molar-refractivity contribution in [3.8, 4) is 5.75 Å². The molecular formula is C21H22N6O2. The van der Waals surface area contributed by atoms with E-state index in [1.807, 2.05) is 36.5 Å². The van der Waals surface area contributed by atoms with Crippen LogP contribution in [-0.2, 0) is 0 Å². The number of piperazine rings is 1. The number of pyridine rings is 3. The van der Waals surface area contributed by atoms with E-state index in [4.69, 9.17) is 4.74 Å². The van der Waals surface area contributed by atoms with Crippen molar-refractivity contribution in [3.05, 3.63) is 66.7 Å².